The van der Waals surface area contributed by atoms with Crippen molar-refractivity contribution in [2.24, 2.45) is 5.92 Å². The zero-order valence-corrected chi connectivity index (χ0v) is 27.9. The summed E-state index contributed by atoms with van der Waals surface area (Å²) in [5, 5.41) is 4.78. The van der Waals surface area contributed by atoms with Gasteiger partial charge in [-0.25, -0.2) is 4.79 Å². The number of carbonyl (C=O) groups is 2. The van der Waals surface area contributed by atoms with Crippen molar-refractivity contribution in [2.75, 3.05) is 13.2 Å². The number of hydrogen-bond donors (Lipinski definition) is 2. The monoisotopic (exact) mass is 664 g/mol. The summed E-state index contributed by atoms with van der Waals surface area (Å²) < 4.78 is 5.53. The van der Waals surface area contributed by atoms with Crippen molar-refractivity contribution >= 4 is 51.6 Å². The minimum absolute atomic E-state index is 0.0635. The van der Waals surface area contributed by atoms with Crippen molar-refractivity contribution in [3.8, 4) is 0 Å². The van der Waals surface area contributed by atoms with Crippen LogP contribution in [0.15, 0.2) is 103 Å². The normalized spacial score (nSPS) is 17.9. The second-order valence-corrected chi connectivity index (χ2v) is 12.6. The molecule has 47 heavy (non-hydrogen) atoms. The molecule has 2 aromatic heterocycles. The molecule has 0 spiro atoms. The SMILES string of the molecule is CCOC(=O)c1cccnc1C1C(C(c2ccccc2)c2ccccc2)CCN(C(=S)CC)C1NC(=O)c1cc2cc(Cl)ccc2[nH]1. The third-order valence-electron chi connectivity index (χ3n) is 8.96. The van der Waals surface area contributed by atoms with Gasteiger partial charge in [0.15, 0.2) is 0 Å². The Balaban J connectivity index is 1.53. The number of rotatable bonds is 9. The van der Waals surface area contributed by atoms with Crippen LogP contribution in [-0.2, 0) is 4.74 Å². The fourth-order valence-corrected chi connectivity index (χ4v) is 7.31. The summed E-state index contributed by atoms with van der Waals surface area (Å²) in [7, 11) is 0. The number of ether oxygens (including phenoxy) is 1. The summed E-state index contributed by atoms with van der Waals surface area (Å²) in [4.78, 5) is 38.6. The highest BCUT2D eigenvalue weighted by Crippen LogP contribution is 2.47. The molecule has 240 valence electrons. The van der Waals surface area contributed by atoms with E-state index in [1.807, 2.05) is 55.5 Å². The van der Waals surface area contributed by atoms with Crippen LogP contribution in [0, 0.1) is 5.92 Å². The van der Waals surface area contributed by atoms with Gasteiger partial charge in [0.2, 0.25) is 0 Å². The molecule has 6 rings (SSSR count). The number of thiocarbonyl (C=S) groups is 1. The van der Waals surface area contributed by atoms with E-state index in [1.165, 1.54) is 0 Å². The van der Waals surface area contributed by atoms with E-state index in [4.69, 9.17) is 33.5 Å². The number of amides is 1. The lowest BCUT2D eigenvalue weighted by atomic mass is 9.68. The van der Waals surface area contributed by atoms with Crippen LogP contribution in [0.4, 0.5) is 0 Å². The van der Waals surface area contributed by atoms with Crippen LogP contribution in [-0.4, -0.2) is 51.1 Å². The Morgan fingerprint density at radius 2 is 1.70 bits per heavy atom. The highest BCUT2D eigenvalue weighted by molar-refractivity contribution is 7.80. The predicted octanol–water partition coefficient (Wildman–Crippen LogP) is 8.12. The third kappa shape index (κ3) is 6.80. The number of benzene rings is 3. The molecule has 3 atom stereocenters. The maximum atomic E-state index is 14.2. The third-order valence-corrected chi connectivity index (χ3v) is 9.72. The summed E-state index contributed by atoms with van der Waals surface area (Å²) in [6, 6.07) is 31.6. The quantitative estimate of drug-likeness (QED) is 0.122. The van der Waals surface area contributed by atoms with E-state index in [-0.39, 0.29) is 24.3 Å². The first-order chi connectivity index (χ1) is 22.9. The number of aromatic nitrogens is 2. The maximum absolute atomic E-state index is 14.2. The van der Waals surface area contributed by atoms with Crippen LogP contribution < -0.4 is 5.32 Å². The second-order valence-electron chi connectivity index (χ2n) is 11.7. The number of piperidine rings is 1. The minimum Gasteiger partial charge on any atom is -0.462 e. The number of aromatic amines is 1. The van der Waals surface area contributed by atoms with Crippen LogP contribution in [0.25, 0.3) is 10.9 Å². The molecule has 1 saturated heterocycles. The molecule has 2 N–H and O–H groups in total. The first-order valence-corrected chi connectivity index (χ1v) is 16.8. The topological polar surface area (TPSA) is 87.3 Å². The van der Waals surface area contributed by atoms with Gasteiger partial charge in [0.05, 0.1) is 22.9 Å². The molecule has 9 heteroatoms. The number of halogens is 1. The molecule has 5 aromatic rings. The van der Waals surface area contributed by atoms with Crippen molar-refractivity contribution in [3.63, 3.8) is 0 Å². The number of hydrogen-bond acceptors (Lipinski definition) is 5. The van der Waals surface area contributed by atoms with Crippen LogP contribution >= 0.6 is 23.8 Å². The van der Waals surface area contributed by atoms with Gasteiger partial charge >= 0.3 is 5.97 Å². The van der Waals surface area contributed by atoms with Crippen molar-refractivity contribution in [2.45, 2.75) is 44.7 Å². The largest absolute Gasteiger partial charge is 0.462 e. The molecule has 3 aromatic carbocycles. The van der Waals surface area contributed by atoms with E-state index in [9.17, 15) is 9.59 Å². The summed E-state index contributed by atoms with van der Waals surface area (Å²) in [6.45, 7) is 4.66. The molecule has 7 nitrogen and oxygen atoms in total. The number of H-pyrrole nitrogens is 1. The number of nitrogens with zero attached hydrogens (tertiary/aromatic N) is 2. The number of fused-ring (bicyclic) bond motifs is 1. The van der Waals surface area contributed by atoms with Gasteiger partial charge in [-0.05, 0) is 73.2 Å². The summed E-state index contributed by atoms with van der Waals surface area (Å²) in [5.41, 5.74) is 4.46. The summed E-state index contributed by atoms with van der Waals surface area (Å²) in [5.74, 6) is -1.32. The molecule has 3 unspecified atom stereocenters. The number of pyridine rings is 1. The van der Waals surface area contributed by atoms with Crippen molar-refractivity contribution < 1.29 is 14.3 Å². The Morgan fingerprint density at radius 1 is 1.00 bits per heavy atom. The average molecular weight is 665 g/mol. The zero-order chi connectivity index (χ0) is 32.9. The number of carbonyl (C=O) groups excluding carboxylic acids is 2. The molecular formula is C38H37ClN4O3S. The zero-order valence-electron chi connectivity index (χ0n) is 26.4. The standard InChI is InChI=1S/C38H37ClN4O3S/c1-3-32(47)43-21-19-28(33(24-12-7-5-8-13-24)25-14-9-6-10-15-25)34(35-29(16-11-20-40-35)38(45)46-4-2)36(43)42-37(44)31-23-26-22-27(39)17-18-30(26)41-31/h5-18,20,22-23,28,33-34,36,41H,3-4,19,21H2,1-2H3,(H,42,44). The van der Waals surface area contributed by atoms with E-state index >= 15 is 0 Å². The number of esters is 1. The Labute approximate surface area is 285 Å². The lowest BCUT2D eigenvalue weighted by Crippen LogP contribution is -2.59. The Morgan fingerprint density at radius 3 is 2.36 bits per heavy atom. The van der Waals surface area contributed by atoms with Gasteiger partial charge in [-0.1, -0.05) is 91.4 Å². The molecule has 1 fully saturated rings. The molecule has 3 heterocycles. The minimum atomic E-state index is -0.610. The lowest BCUT2D eigenvalue weighted by Gasteiger charge is -2.49. The highest BCUT2D eigenvalue weighted by Gasteiger charge is 2.46. The van der Waals surface area contributed by atoms with Gasteiger partial charge in [-0.3, -0.25) is 9.78 Å². The first kappa shape index (κ1) is 32.4. The average Bonchev–Trinajstić information content (AvgIpc) is 3.53. The molecule has 0 saturated carbocycles. The molecule has 0 bridgehead atoms. The van der Waals surface area contributed by atoms with Gasteiger partial charge in [0.1, 0.15) is 11.9 Å². The van der Waals surface area contributed by atoms with Gasteiger partial charge in [-0.15, -0.1) is 0 Å². The predicted molar refractivity (Wildman–Crippen MR) is 190 cm³/mol. The van der Waals surface area contributed by atoms with E-state index in [1.54, 1.807) is 37.4 Å². The summed E-state index contributed by atoms with van der Waals surface area (Å²) >= 11 is 12.2. The van der Waals surface area contributed by atoms with E-state index in [2.05, 4.69) is 39.5 Å². The lowest BCUT2D eigenvalue weighted by molar-refractivity contribution is 0.0518. The van der Waals surface area contributed by atoms with Crippen molar-refractivity contribution in [3.05, 3.63) is 136 Å². The Hall–Kier alpha value is -4.53. The van der Waals surface area contributed by atoms with Gasteiger partial charge in [0, 0.05) is 40.5 Å². The van der Waals surface area contributed by atoms with E-state index in [0.29, 0.717) is 34.9 Å². The van der Waals surface area contributed by atoms with Crippen LogP contribution in [0.3, 0.4) is 0 Å². The molecule has 1 aliphatic rings. The highest BCUT2D eigenvalue weighted by atomic mass is 35.5. The fourth-order valence-electron chi connectivity index (χ4n) is 6.92. The molecule has 0 radical (unpaired) electrons. The van der Waals surface area contributed by atoms with E-state index in [0.717, 1.165) is 33.4 Å². The van der Waals surface area contributed by atoms with Crippen LogP contribution in [0.2, 0.25) is 5.02 Å². The van der Waals surface area contributed by atoms with Gasteiger partial charge in [0.25, 0.3) is 5.91 Å². The molecule has 1 aliphatic heterocycles. The maximum Gasteiger partial charge on any atom is 0.339 e. The van der Waals surface area contributed by atoms with E-state index < -0.39 is 18.1 Å². The molecule has 0 aliphatic carbocycles. The fraction of sp³-hybridized carbons (Fsp3) is 0.263. The van der Waals surface area contributed by atoms with Crippen LogP contribution in [0.1, 0.15) is 76.2 Å². The Kier molecular flexibility index (Phi) is 9.99. The van der Waals surface area contributed by atoms with Crippen molar-refractivity contribution in [1.29, 1.82) is 0 Å². The smallest absolute Gasteiger partial charge is 0.339 e. The van der Waals surface area contributed by atoms with Crippen molar-refractivity contribution in [1.82, 2.24) is 20.2 Å². The molecule has 1 amide bonds. The Bertz CT molecular complexity index is 1840. The first-order valence-electron chi connectivity index (χ1n) is 16.0. The van der Waals surface area contributed by atoms with Crippen LogP contribution in [0.5, 0.6) is 0 Å². The van der Waals surface area contributed by atoms with Gasteiger partial charge < -0.3 is 19.9 Å². The van der Waals surface area contributed by atoms with Gasteiger partial charge in [-0.2, -0.15) is 0 Å². The summed E-state index contributed by atoms with van der Waals surface area (Å²) in [6.07, 6.45) is 2.46. The second kappa shape index (κ2) is 14.5. The number of likely N-dealkylation sites (tertiary alicyclic amines) is 1. The molecular weight excluding hydrogens is 628 g/mol. The number of nitrogens with one attached hydrogen (secondary N) is 2.